The van der Waals surface area contributed by atoms with Crippen LogP contribution in [0.4, 0.5) is 5.82 Å². The van der Waals surface area contributed by atoms with Crippen molar-refractivity contribution in [3.05, 3.63) is 78.5 Å². The Balaban J connectivity index is 1.39. The minimum atomic E-state index is -2.50. The quantitative estimate of drug-likeness (QED) is 0.500. The van der Waals surface area contributed by atoms with Gasteiger partial charge in [-0.1, -0.05) is 18.2 Å². The van der Waals surface area contributed by atoms with E-state index in [0.29, 0.717) is 5.56 Å². The molecule has 3 aromatic heterocycles. The van der Waals surface area contributed by atoms with Gasteiger partial charge in [0.1, 0.15) is 16.5 Å². The van der Waals surface area contributed by atoms with Gasteiger partial charge in [-0.15, -0.1) is 0 Å². The SMILES string of the molecule is O=[SH](=O)Cc1cncc(-c2nccnc2C2CN(c3ccc4ccccc4n3)C2)c1. The molecule has 1 saturated heterocycles. The third-order valence-electron chi connectivity index (χ3n) is 5.28. The van der Waals surface area contributed by atoms with Crippen LogP contribution in [0.3, 0.4) is 0 Å². The highest BCUT2D eigenvalue weighted by Gasteiger charge is 2.32. The maximum atomic E-state index is 11.1. The number of pyridine rings is 2. The zero-order chi connectivity index (χ0) is 20.5. The van der Waals surface area contributed by atoms with Crippen LogP contribution in [-0.2, 0) is 16.5 Å². The molecule has 0 saturated carbocycles. The van der Waals surface area contributed by atoms with Crippen LogP contribution in [0.2, 0.25) is 0 Å². The summed E-state index contributed by atoms with van der Waals surface area (Å²) in [5.74, 6) is 1.15. The average molecular weight is 417 g/mol. The summed E-state index contributed by atoms with van der Waals surface area (Å²) < 4.78 is 22.1. The minimum Gasteiger partial charge on any atom is -0.355 e. The molecular formula is C22H19N5O2S. The summed E-state index contributed by atoms with van der Waals surface area (Å²) in [7, 11) is -2.50. The van der Waals surface area contributed by atoms with Gasteiger partial charge in [0.25, 0.3) is 0 Å². The molecule has 4 aromatic rings. The van der Waals surface area contributed by atoms with Crippen molar-refractivity contribution in [3.63, 3.8) is 0 Å². The molecule has 0 N–H and O–H groups in total. The molecule has 0 unspecified atom stereocenters. The van der Waals surface area contributed by atoms with E-state index in [4.69, 9.17) is 4.98 Å². The first kappa shape index (κ1) is 18.6. The molecule has 0 bridgehead atoms. The van der Waals surface area contributed by atoms with Gasteiger partial charge in [-0.2, -0.15) is 0 Å². The number of aromatic nitrogens is 4. The highest BCUT2D eigenvalue weighted by molar-refractivity contribution is 7.71. The second-order valence-corrected chi connectivity index (χ2v) is 8.31. The Hall–Kier alpha value is -3.39. The second-order valence-electron chi connectivity index (χ2n) is 7.33. The van der Waals surface area contributed by atoms with Gasteiger partial charge in [0.05, 0.1) is 22.7 Å². The van der Waals surface area contributed by atoms with E-state index in [0.717, 1.165) is 46.8 Å². The second kappa shape index (κ2) is 7.79. The highest BCUT2D eigenvalue weighted by atomic mass is 32.2. The smallest absolute Gasteiger partial charge is 0.144 e. The summed E-state index contributed by atoms with van der Waals surface area (Å²) >= 11 is 0. The van der Waals surface area contributed by atoms with E-state index in [1.165, 1.54) is 0 Å². The largest absolute Gasteiger partial charge is 0.355 e. The van der Waals surface area contributed by atoms with Crippen LogP contribution >= 0.6 is 0 Å². The highest BCUT2D eigenvalue weighted by Crippen LogP contribution is 2.34. The number of anilines is 1. The lowest BCUT2D eigenvalue weighted by molar-refractivity contribution is 0.509. The fraction of sp³-hybridized carbons (Fsp3) is 0.182. The molecule has 0 spiro atoms. The van der Waals surface area contributed by atoms with Gasteiger partial charge in [0.15, 0.2) is 0 Å². The fourth-order valence-corrected chi connectivity index (χ4v) is 4.26. The third-order valence-corrected chi connectivity index (χ3v) is 5.91. The van der Waals surface area contributed by atoms with Crippen LogP contribution in [0.15, 0.2) is 67.3 Å². The Morgan fingerprint density at radius 1 is 1.00 bits per heavy atom. The number of rotatable bonds is 5. The van der Waals surface area contributed by atoms with Gasteiger partial charge in [0.2, 0.25) is 0 Å². The Bertz CT molecular complexity index is 1290. The molecule has 0 amide bonds. The minimum absolute atomic E-state index is 0.0311. The lowest BCUT2D eigenvalue weighted by Crippen LogP contribution is -2.46. The summed E-state index contributed by atoms with van der Waals surface area (Å²) in [4.78, 5) is 20.3. The molecule has 0 aliphatic carbocycles. The zero-order valence-corrected chi connectivity index (χ0v) is 16.9. The molecule has 0 atom stereocenters. The molecule has 1 aliphatic heterocycles. The predicted octanol–water partition coefficient (Wildman–Crippen LogP) is 2.80. The van der Waals surface area contributed by atoms with Crippen molar-refractivity contribution in [1.29, 1.82) is 0 Å². The molecule has 1 aromatic carbocycles. The third kappa shape index (κ3) is 3.61. The molecule has 5 rings (SSSR count). The summed E-state index contributed by atoms with van der Waals surface area (Å²) in [6.45, 7) is 1.60. The number of para-hydroxylation sites is 1. The predicted molar refractivity (Wildman–Crippen MR) is 116 cm³/mol. The first-order valence-electron chi connectivity index (χ1n) is 9.65. The lowest BCUT2D eigenvalue weighted by Gasteiger charge is -2.40. The number of thiol groups is 1. The van der Waals surface area contributed by atoms with Crippen LogP contribution in [0, 0.1) is 0 Å². The molecule has 1 aliphatic rings. The van der Waals surface area contributed by atoms with E-state index in [1.807, 2.05) is 30.3 Å². The van der Waals surface area contributed by atoms with Crippen molar-refractivity contribution in [1.82, 2.24) is 19.9 Å². The van der Waals surface area contributed by atoms with Crippen molar-refractivity contribution in [3.8, 4) is 11.3 Å². The average Bonchev–Trinajstić information content (AvgIpc) is 2.73. The molecule has 7 nitrogen and oxygen atoms in total. The van der Waals surface area contributed by atoms with Gasteiger partial charge in [-0.25, -0.2) is 13.4 Å². The van der Waals surface area contributed by atoms with E-state index in [-0.39, 0.29) is 11.7 Å². The van der Waals surface area contributed by atoms with Crippen LogP contribution in [0.1, 0.15) is 17.2 Å². The van der Waals surface area contributed by atoms with Gasteiger partial charge < -0.3 is 4.90 Å². The number of nitrogens with zero attached hydrogens (tertiary/aromatic N) is 5. The molecule has 150 valence electrons. The number of benzene rings is 1. The van der Waals surface area contributed by atoms with Crippen molar-refractivity contribution in [2.45, 2.75) is 11.7 Å². The molecular weight excluding hydrogens is 398 g/mol. The molecule has 8 heteroatoms. The van der Waals surface area contributed by atoms with Crippen LogP contribution < -0.4 is 4.90 Å². The summed E-state index contributed by atoms with van der Waals surface area (Å²) in [5.41, 5.74) is 4.08. The van der Waals surface area contributed by atoms with Crippen molar-refractivity contribution in [2.75, 3.05) is 18.0 Å². The van der Waals surface area contributed by atoms with Gasteiger partial charge in [-0.05, 0) is 29.8 Å². The summed E-state index contributed by atoms with van der Waals surface area (Å²) in [6, 6.07) is 14.1. The Morgan fingerprint density at radius 2 is 1.83 bits per heavy atom. The molecule has 30 heavy (non-hydrogen) atoms. The Morgan fingerprint density at radius 3 is 2.70 bits per heavy atom. The maximum absolute atomic E-state index is 11.1. The first-order chi connectivity index (χ1) is 14.7. The number of hydrogen-bond acceptors (Lipinski definition) is 7. The summed E-state index contributed by atoms with van der Waals surface area (Å²) in [5, 5.41) is 1.13. The van der Waals surface area contributed by atoms with Crippen molar-refractivity contribution >= 4 is 27.4 Å². The first-order valence-corrected chi connectivity index (χ1v) is 11.0. The van der Waals surface area contributed by atoms with Gasteiger partial charge >= 0.3 is 0 Å². The van der Waals surface area contributed by atoms with Crippen molar-refractivity contribution in [2.24, 2.45) is 0 Å². The van der Waals surface area contributed by atoms with E-state index in [2.05, 4.69) is 32.0 Å². The number of fused-ring (bicyclic) bond motifs is 1. The van der Waals surface area contributed by atoms with Crippen molar-refractivity contribution < 1.29 is 8.42 Å². The van der Waals surface area contributed by atoms with E-state index < -0.39 is 10.7 Å². The molecule has 1 fully saturated rings. The Labute approximate surface area is 175 Å². The van der Waals surface area contributed by atoms with Crippen LogP contribution in [-0.4, -0.2) is 41.4 Å². The maximum Gasteiger partial charge on any atom is 0.144 e. The topological polar surface area (TPSA) is 88.9 Å². The number of hydrogen-bond donors (Lipinski definition) is 1. The standard InChI is InChI=1S/C22H19N5O2S/c28-30(29)14-15-9-17(11-23-10-15)21-22(25-8-7-24-21)18-12-27(13-18)20-6-5-16-3-1-2-4-19(16)26-20/h1-11,18,30H,12-14H2. The normalized spacial score (nSPS) is 14.2. The summed E-state index contributed by atoms with van der Waals surface area (Å²) in [6.07, 6.45) is 6.62. The van der Waals surface area contributed by atoms with Gasteiger partial charge in [0, 0.05) is 54.7 Å². The van der Waals surface area contributed by atoms with Crippen LogP contribution in [0.25, 0.3) is 22.2 Å². The van der Waals surface area contributed by atoms with E-state index in [1.54, 1.807) is 24.8 Å². The molecule has 4 heterocycles. The molecule has 0 radical (unpaired) electrons. The fourth-order valence-electron chi connectivity index (χ4n) is 3.79. The monoisotopic (exact) mass is 417 g/mol. The zero-order valence-electron chi connectivity index (χ0n) is 16.0. The van der Waals surface area contributed by atoms with E-state index in [9.17, 15) is 8.42 Å². The van der Waals surface area contributed by atoms with Gasteiger partial charge in [-0.3, -0.25) is 15.0 Å². The Kier molecular flexibility index (Phi) is 4.84. The van der Waals surface area contributed by atoms with E-state index >= 15 is 0 Å². The van der Waals surface area contributed by atoms with Crippen LogP contribution in [0.5, 0.6) is 0 Å². The lowest BCUT2D eigenvalue weighted by atomic mass is 9.92.